The van der Waals surface area contributed by atoms with Crippen molar-refractivity contribution in [2.24, 2.45) is 0 Å². The van der Waals surface area contributed by atoms with Crippen LogP contribution in [0.2, 0.25) is 0 Å². The summed E-state index contributed by atoms with van der Waals surface area (Å²) in [5, 5.41) is 8.97. The Balaban J connectivity index is 1.70. The van der Waals surface area contributed by atoms with E-state index >= 15 is 0 Å². The molecule has 0 aliphatic carbocycles. The molecule has 0 bridgehead atoms. The number of hydrogen-bond donors (Lipinski definition) is 0. The van der Waals surface area contributed by atoms with E-state index in [-0.39, 0.29) is 0 Å². The third kappa shape index (κ3) is 2.82. The van der Waals surface area contributed by atoms with Gasteiger partial charge in [-0.3, -0.25) is 0 Å². The first kappa shape index (κ1) is 14.6. The summed E-state index contributed by atoms with van der Waals surface area (Å²) in [5.74, 6) is 2.62. The summed E-state index contributed by atoms with van der Waals surface area (Å²) in [7, 11) is 0. The molecule has 0 spiro atoms. The van der Waals surface area contributed by atoms with E-state index in [1.165, 1.54) is 5.82 Å². The van der Waals surface area contributed by atoms with Gasteiger partial charge < -0.3 is 9.47 Å². The number of pyridine rings is 1. The van der Waals surface area contributed by atoms with Crippen LogP contribution in [-0.4, -0.2) is 27.6 Å². The van der Waals surface area contributed by atoms with Gasteiger partial charge in [-0.25, -0.2) is 9.97 Å². The topological polar surface area (TPSA) is 57.7 Å². The van der Waals surface area contributed by atoms with Gasteiger partial charge in [0.2, 0.25) is 0 Å². The van der Waals surface area contributed by atoms with Crippen molar-refractivity contribution in [2.45, 2.75) is 38.6 Å². The van der Waals surface area contributed by atoms with Gasteiger partial charge in [0.05, 0.1) is 0 Å². The van der Waals surface area contributed by atoms with Crippen molar-refractivity contribution in [3.63, 3.8) is 0 Å². The fraction of sp³-hybridized carbons (Fsp3) is 0.471. The van der Waals surface area contributed by atoms with Gasteiger partial charge in [0.25, 0.3) is 0 Å². The van der Waals surface area contributed by atoms with Gasteiger partial charge >= 0.3 is 0 Å². The largest absolute Gasteiger partial charge is 0.357 e. The average molecular weight is 295 g/mol. The summed E-state index contributed by atoms with van der Waals surface area (Å²) in [6, 6.07) is 8.18. The highest BCUT2D eigenvalue weighted by atomic mass is 15.2. The molecule has 114 valence electrons. The Bertz CT molecular complexity index is 674. The van der Waals surface area contributed by atoms with Gasteiger partial charge in [0.1, 0.15) is 23.4 Å². The van der Waals surface area contributed by atoms with E-state index in [4.69, 9.17) is 5.26 Å². The predicted octanol–water partition coefficient (Wildman–Crippen LogP) is 3.11. The number of piperidine rings is 1. The molecule has 0 aromatic carbocycles. The number of nitrogens with zero attached hydrogens (tertiary/aromatic N) is 5. The molecule has 0 saturated carbocycles. The highest BCUT2D eigenvalue weighted by molar-refractivity contribution is 5.42. The van der Waals surface area contributed by atoms with Gasteiger partial charge in [-0.2, -0.15) is 5.26 Å². The lowest BCUT2D eigenvalue weighted by Gasteiger charge is -2.33. The average Bonchev–Trinajstić information content (AvgIpc) is 3.05. The molecule has 5 heteroatoms. The van der Waals surface area contributed by atoms with E-state index in [0.29, 0.717) is 17.7 Å². The first-order chi connectivity index (χ1) is 10.7. The number of imidazole rings is 1. The Hall–Kier alpha value is -2.35. The first-order valence-corrected chi connectivity index (χ1v) is 7.84. The van der Waals surface area contributed by atoms with Gasteiger partial charge in [0.15, 0.2) is 0 Å². The van der Waals surface area contributed by atoms with Crippen molar-refractivity contribution >= 4 is 5.82 Å². The van der Waals surface area contributed by atoms with E-state index in [1.807, 2.05) is 18.3 Å². The molecule has 1 aliphatic rings. The minimum atomic E-state index is 0.449. The zero-order valence-corrected chi connectivity index (χ0v) is 13.1. The van der Waals surface area contributed by atoms with Crippen LogP contribution in [0.1, 0.15) is 50.2 Å². The van der Waals surface area contributed by atoms with E-state index in [0.717, 1.165) is 31.7 Å². The quantitative estimate of drug-likeness (QED) is 0.873. The normalized spacial score (nSPS) is 16.0. The summed E-state index contributed by atoms with van der Waals surface area (Å²) in [6.45, 7) is 6.30. The van der Waals surface area contributed by atoms with Gasteiger partial charge in [0, 0.05) is 37.4 Å². The maximum Gasteiger partial charge on any atom is 0.142 e. The van der Waals surface area contributed by atoms with Crippen molar-refractivity contribution in [1.82, 2.24) is 14.5 Å². The Morgan fingerprint density at radius 2 is 2.05 bits per heavy atom. The first-order valence-electron chi connectivity index (χ1n) is 7.84. The van der Waals surface area contributed by atoms with Crippen molar-refractivity contribution < 1.29 is 0 Å². The van der Waals surface area contributed by atoms with E-state index in [9.17, 15) is 0 Å². The van der Waals surface area contributed by atoms with Crippen molar-refractivity contribution in [2.75, 3.05) is 18.0 Å². The molecule has 2 aromatic heterocycles. The highest BCUT2D eigenvalue weighted by Gasteiger charge is 2.25. The summed E-state index contributed by atoms with van der Waals surface area (Å²) in [6.07, 6.45) is 6.12. The number of hydrogen-bond acceptors (Lipinski definition) is 4. The Labute approximate surface area is 131 Å². The molecule has 5 nitrogen and oxygen atoms in total. The molecule has 0 radical (unpaired) electrons. The fourth-order valence-electron chi connectivity index (χ4n) is 3.11. The molecule has 1 aliphatic heterocycles. The van der Waals surface area contributed by atoms with Crippen LogP contribution in [0.15, 0.2) is 30.6 Å². The summed E-state index contributed by atoms with van der Waals surface area (Å²) >= 11 is 0. The molecule has 1 saturated heterocycles. The Morgan fingerprint density at radius 3 is 2.73 bits per heavy atom. The molecule has 2 aromatic rings. The second-order valence-electron chi connectivity index (χ2n) is 6.04. The molecule has 0 atom stereocenters. The zero-order chi connectivity index (χ0) is 15.5. The second kappa shape index (κ2) is 6.18. The van der Waals surface area contributed by atoms with Crippen LogP contribution < -0.4 is 4.90 Å². The molecule has 3 heterocycles. The molecular weight excluding hydrogens is 274 g/mol. The standard InChI is InChI=1S/C17H21N5/c1-13(2)22-11-8-19-17(22)14-6-9-21(10-7-14)16-5-3-4-15(12-18)20-16/h3-5,8,11,13-14H,6-7,9-10H2,1-2H3. The highest BCUT2D eigenvalue weighted by Crippen LogP contribution is 2.30. The molecule has 22 heavy (non-hydrogen) atoms. The van der Waals surface area contributed by atoms with Crippen LogP contribution in [0.25, 0.3) is 0 Å². The molecule has 0 N–H and O–H groups in total. The molecule has 1 fully saturated rings. The molecule has 0 unspecified atom stereocenters. The third-order valence-corrected chi connectivity index (χ3v) is 4.29. The van der Waals surface area contributed by atoms with Crippen molar-refractivity contribution in [3.05, 3.63) is 42.1 Å². The van der Waals surface area contributed by atoms with E-state index < -0.39 is 0 Å². The Morgan fingerprint density at radius 1 is 1.27 bits per heavy atom. The summed E-state index contributed by atoms with van der Waals surface area (Å²) in [5.41, 5.74) is 0.481. The van der Waals surface area contributed by atoms with Crippen molar-refractivity contribution in [1.29, 1.82) is 5.26 Å². The van der Waals surface area contributed by atoms with Gasteiger partial charge in [-0.1, -0.05) is 6.07 Å². The van der Waals surface area contributed by atoms with E-state index in [1.54, 1.807) is 6.07 Å². The monoisotopic (exact) mass is 295 g/mol. The van der Waals surface area contributed by atoms with Crippen LogP contribution >= 0.6 is 0 Å². The molecule has 3 rings (SSSR count). The van der Waals surface area contributed by atoms with E-state index in [2.05, 4.69) is 45.5 Å². The minimum Gasteiger partial charge on any atom is -0.357 e. The maximum absolute atomic E-state index is 8.97. The predicted molar refractivity (Wildman–Crippen MR) is 85.8 cm³/mol. The molecular formula is C17H21N5. The number of anilines is 1. The third-order valence-electron chi connectivity index (χ3n) is 4.29. The number of aromatic nitrogens is 3. The lowest BCUT2D eigenvalue weighted by atomic mass is 9.95. The van der Waals surface area contributed by atoms with Crippen LogP contribution in [0, 0.1) is 11.3 Å². The van der Waals surface area contributed by atoms with Crippen LogP contribution in [-0.2, 0) is 0 Å². The van der Waals surface area contributed by atoms with Gasteiger partial charge in [-0.05, 0) is 38.8 Å². The van der Waals surface area contributed by atoms with Gasteiger partial charge in [-0.15, -0.1) is 0 Å². The lowest BCUT2D eigenvalue weighted by molar-refractivity contribution is 0.448. The van der Waals surface area contributed by atoms with Crippen molar-refractivity contribution in [3.8, 4) is 6.07 Å². The van der Waals surface area contributed by atoms with Crippen LogP contribution in [0.4, 0.5) is 5.82 Å². The fourth-order valence-corrected chi connectivity index (χ4v) is 3.11. The SMILES string of the molecule is CC(C)n1ccnc1C1CCN(c2cccc(C#N)n2)CC1. The number of nitriles is 1. The number of rotatable bonds is 3. The summed E-state index contributed by atoms with van der Waals surface area (Å²) in [4.78, 5) is 11.2. The Kier molecular flexibility index (Phi) is 4.10. The van der Waals surface area contributed by atoms with Crippen LogP contribution in [0.3, 0.4) is 0 Å². The van der Waals surface area contributed by atoms with Crippen LogP contribution in [0.5, 0.6) is 0 Å². The second-order valence-corrected chi connectivity index (χ2v) is 6.04. The lowest BCUT2D eigenvalue weighted by Crippen LogP contribution is -2.34. The smallest absolute Gasteiger partial charge is 0.142 e. The zero-order valence-electron chi connectivity index (χ0n) is 13.1. The summed E-state index contributed by atoms with van der Waals surface area (Å²) < 4.78 is 2.27. The maximum atomic E-state index is 8.97. The minimum absolute atomic E-state index is 0.449. The molecule has 0 amide bonds.